The number of piperidine rings is 1. The van der Waals surface area contributed by atoms with Gasteiger partial charge in [0.2, 0.25) is 10.0 Å². The summed E-state index contributed by atoms with van der Waals surface area (Å²) in [4.78, 5) is 0.394. The van der Waals surface area contributed by atoms with Crippen molar-refractivity contribution in [2.24, 2.45) is 0 Å². The van der Waals surface area contributed by atoms with E-state index in [-0.39, 0.29) is 6.04 Å². The Bertz CT molecular complexity index is 505. The Morgan fingerprint density at radius 2 is 1.79 bits per heavy atom. The second-order valence-corrected chi connectivity index (χ2v) is 7.00. The maximum atomic E-state index is 12.5. The lowest BCUT2D eigenvalue weighted by Crippen LogP contribution is -2.43. The standard InChI is InChI=1S/C14H22N2O2S/c1-3-12-4-6-14(7-5-12)19(17,18)16(2)13-8-10-15-11-9-13/h4-7,13,15H,3,8-11H2,1-2H3. The SMILES string of the molecule is CCc1ccc(S(=O)(=O)N(C)C2CCNCC2)cc1. The maximum absolute atomic E-state index is 12.5. The van der Waals surface area contributed by atoms with Crippen molar-refractivity contribution in [3.63, 3.8) is 0 Å². The molecule has 4 nitrogen and oxygen atoms in total. The van der Waals surface area contributed by atoms with Crippen molar-refractivity contribution in [1.29, 1.82) is 0 Å². The molecule has 19 heavy (non-hydrogen) atoms. The summed E-state index contributed by atoms with van der Waals surface area (Å²) in [7, 11) is -1.66. The lowest BCUT2D eigenvalue weighted by atomic mass is 10.1. The lowest BCUT2D eigenvalue weighted by molar-refractivity contribution is 0.296. The van der Waals surface area contributed by atoms with Gasteiger partial charge in [-0.15, -0.1) is 0 Å². The van der Waals surface area contributed by atoms with Crippen LogP contribution in [-0.4, -0.2) is 38.9 Å². The molecule has 0 amide bonds. The minimum absolute atomic E-state index is 0.108. The average Bonchev–Trinajstić information content (AvgIpc) is 2.47. The van der Waals surface area contributed by atoms with Gasteiger partial charge in [0.25, 0.3) is 0 Å². The van der Waals surface area contributed by atoms with Gasteiger partial charge in [-0.05, 0) is 50.0 Å². The van der Waals surface area contributed by atoms with Crippen molar-refractivity contribution in [3.8, 4) is 0 Å². The molecule has 1 heterocycles. The van der Waals surface area contributed by atoms with E-state index < -0.39 is 10.0 Å². The quantitative estimate of drug-likeness (QED) is 0.913. The van der Waals surface area contributed by atoms with Crippen molar-refractivity contribution < 1.29 is 8.42 Å². The number of hydrogen-bond acceptors (Lipinski definition) is 3. The van der Waals surface area contributed by atoms with E-state index in [0.717, 1.165) is 37.9 Å². The van der Waals surface area contributed by atoms with Crippen molar-refractivity contribution in [2.45, 2.75) is 37.1 Å². The van der Waals surface area contributed by atoms with Crippen LogP contribution in [0.1, 0.15) is 25.3 Å². The zero-order valence-electron chi connectivity index (χ0n) is 11.6. The number of benzene rings is 1. The number of hydrogen-bond donors (Lipinski definition) is 1. The van der Waals surface area contributed by atoms with Gasteiger partial charge < -0.3 is 5.32 Å². The summed E-state index contributed by atoms with van der Waals surface area (Å²) in [5.41, 5.74) is 1.16. The molecule has 1 aliphatic rings. The minimum atomic E-state index is -3.36. The molecule has 2 rings (SSSR count). The van der Waals surface area contributed by atoms with Gasteiger partial charge in [0.1, 0.15) is 0 Å². The van der Waals surface area contributed by atoms with E-state index in [4.69, 9.17) is 0 Å². The fourth-order valence-electron chi connectivity index (χ4n) is 2.43. The molecule has 1 fully saturated rings. The highest BCUT2D eigenvalue weighted by Gasteiger charge is 2.28. The van der Waals surface area contributed by atoms with Crippen LogP contribution < -0.4 is 5.32 Å². The molecule has 1 saturated heterocycles. The summed E-state index contributed by atoms with van der Waals surface area (Å²) in [6, 6.07) is 7.32. The Morgan fingerprint density at radius 1 is 1.21 bits per heavy atom. The highest BCUT2D eigenvalue weighted by atomic mass is 32.2. The molecule has 0 saturated carbocycles. The van der Waals surface area contributed by atoms with Gasteiger partial charge in [0, 0.05) is 13.1 Å². The Morgan fingerprint density at radius 3 is 2.32 bits per heavy atom. The van der Waals surface area contributed by atoms with E-state index in [1.165, 1.54) is 4.31 Å². The molecule has 0 bridgehead atoms. The molecule has 0 radical (unpaired) electrons. The summed E-state index contributed by atoms with van der Waals surface area (Å²) < 4.78 is 26.6. The molecule has 106 valence electrons. The van der Waals surface area contributed by atoms with E-state index >= 15 is 0 Å². The van der Waals surface area contributed by atoms with E-state index in [9.17, 15) is 8.42 Å². The van der Waals surface area contributed by atoms with Crippen LogP contribution in [0.2, 0.25) is 0 Å². The van der Waals surface area contributed by atoms with Crippen LogP contribution in [0.3, 0.4) is 0 Å². The van der Waals surface area contributed by atoms with Gasteiger partial charge >= 0.3 is 0 Å². The Kier molecular flexibility index (Phi) is 4.60. The molecule has 1 aliphatic heterocycles. The van der Waals surface area contributed by atoms with Crippen LogP contribution in [0.5, 0.6) is 0 Å². The topological polar surface area (TPSA) is 49.4 Å². The lowest BCUT2D eigenvalue weighted by Gasteiger charge is -2.30. The first-order valence-electron chi connectivity index (χ1n) is 6.83. The van der Waals surface area contributed by atoms with Crippen LogP contribution in [0.25, 0.3) is 0 Å². The summed E-state index contributed by atoms with van der Waals surface area (Å²) in [5, 5.41) is 3.25. The molecule has 5 heteroatoms. The predicted molar refractivity (Wildman–Crippen MR) is 76.7 cm³/mol. The molecule has 0 aromatic heterocycles. The van der Waals surface area contributed by atoms with Gasteiger partial charge in [-0.3, -0.25) is 0 Å². The number of nitrogens with one attached hydrogen (secondary N) is 1. The first kappa shape index (κ1) is 14.5. The van der Waals surface area contributed by atoms with Gasteiger partial charge in [0.05, 0.1) is 4.90 Å². The molecule has 1 aromatic carbocycles. The molecule has 0 aliphatic carbocycles. The molecule has 0 atom stereocenters. The first-order chi connectivity index (χ1) is 9.05. The summed E-state index contributed by atoms with van der Waals surface area (Å²) in [5.74, 6) is 0. The van der Waals surface area contributed by atoms with E-state index in [1.54, 1.807) is 19.2 Å². The van der Waals surface area contributed by atoms with Crippen molar-refractivity contribution in [2.75, 3.05) is 20.1 Å². The second-order valence-electron chi connectivity index (χ2n) is 5.00. The third kappa shape index (κ3) is 3.16. The first-order valence-corrected chi connectivity index (χ1v) is 8.27. The minimum Gasteiger partial charge on any atom is -0.317 e. The van der Waals surface area contributed by atoms with Gasteiger partial charge in [-0.2, -0.15) is 4.31 Å². The van der Waals surface area contributed by atoms with Crippen LogP contribution >= 0.6 is 0 Å². The van der Waals surface area contributed by atoms with E-state index in [1.807, 2.05) is 12.1 Å². The van der Waals surface area contributed by atoms with Crippen LogP contribution in [0, 0.1) is 0 Å². The fourth-order valence-corrected chi connectivity index (χ4v) is 3.85. The highest BCUT2D eigenvalue weighted by Crippen LogP contribution is 2.21. The Labute approximate surface area is 115 Å². The molecule has 0 spiro atoms. The zero-order valence-corrected chi connectivity index (χ0v) is 12.4. The van der Waals surface area contributed by atoms with Crippen LogP contribution in [0.4, 0.5) is 0 Å². The van der Waals surface area contributed by atoms with Crippen LogP contribution in [-0.2, 0) is 16.4 Å². The largest absolute Gasteiger partial charge is 0.317 e. The average molecular weight is 282 g/mol. The number of aryl methyl sites for hydroxylation is 1. The zero-order chi connectivity index (χ0) is 13.9. The molecule has 1 aromatic rings. The smallest absolute Gasteiger partial charge is 0.243 e. The van der Waals surface area contributed by atoms with Gasteiger partial charge in [-0.1, -0.05) is 19.1 Å². The van der Waals surface area contributed by atoms with E-state index in [2.05, 4.69) is 12.2 Å². The highest BCUT2D eigenvalue weighted by molar-refractivity contribution is 7.89. The molecule has 0 unspecified atom stereocenters. The predicted octanol–water partition coefficient (Wildman–Crippen LogP) is 1.62. The Balaban J connectivity index is 2.19. The second kappa shape index (κ2) is 6.03. The third-order valence-corrected chi connectivity index (χ3v) is 5.76. The monoisotopic (exact) mass is 282 g/mol. The van der Waals surface area contributed by atoms with E-state index in [0.29, 0.717) is 4.90 Å². The Hall–Kier alpha value is -0.910. The number of rotatable bonds is 4. The van der Waals surface area contributed by atoms with Crippen molar-refractivity contribution >= 4 is 10.0 Å². The molecule has 1 N–H and O–H groups in total. The third-order valence-electron chi connectivity index (χ3n) is 3.83. The fraction of sp³-hybridized carbons (Fsp3) is 0.571. The molecular formula is C14H22N2O2S. The summed E-state index contributed by atoms with van der Waals surface area (Å²) in [6.07, 6.45) is 2.68. The number of nitrogens with zero attached hydrogens (tertiary/aromatic N) is 1. The van der Waals surface area contributed by atoms with Crippen molar-refractivity contribution in [3.05, 3.63) is 29.8 Å². The van der Waals surface area contributed by atoms with Gasteiger partial charge in [0.15, 0.2) is 0 Å². The number of sulfonamides is 1. The normalized spacial score (nSPS) is 17.8. The van der Waals surface area contributed by atoms with Crippen LogP contribution in [0.15, 0.2) is 29.2 Å². The maximum Gasteiger partial charge on any atom is 0.243 e. The molecular weight excluding hydrogens is 260 g/mol. The van der Waals surface area contributed by atoms with Gasteiger partial charge in [-0.25, -0.2) is 8.42 Å². The summed E-state index contributed by atoms with van der Waals surface area (Å²) in [6.45, 7) is 3.84. The van der Waals surface area contributed by atoms with Crippen molar-refractivity contribution in [1.82, 2.24) is 9.62 Å². The summed E-state index contributed by atoms with van der Waals surface area (Å²) >= 11 is 0.